The Hall–Kier alpha value is -2.95. The molecule has 0 aliphatic carbocycles. The van der Waals surface area contributed by atoms with Crippen LogP contribution in [-0.2, 0) is 11.2 Å². The number of aromatic nitrogens is 1. The first kappa shape index (κ1) is 15.0. The highest BCUT2D eigenvalue weighted by molar-refractivity contribution is 5.92. The number of aryl methyl sites for hydroxylation is 1. The zero-order valence-electron chi connectivity index (χ0n) is 12.5. The first-order chi connectivity index (χ1) is 11.1. The summed E-state index contributed by atoms with van der Waals surface area (Å²) in [7, 11) is 0. The van der Waals surface area contributed by atoms with Crippen LogP contribution in [0.15, 0.2) is 59.1 Å². The minimum absolute atomic E-state index is 0.0176. The molecule has 2 aromatic carbocycles. The number of benzene rings is 2. The van der Waals surface area contributed by atoms with Gasteiger partial charge in [-0.3, -0.25) is 4.79 Å². The Morgan fingerprint density at radius 1 is 1.17 bits per heavy atom. The van der Waals surface area contributed by atoms with Crippen molar-refractivity contribution in [2.75, 3.05) is 5.32 Å². The molecular formula is C18H15FN2O2. The van der Waals surface area contributed by atoms with E-state index in [2.05, 4.69) is 10.5 Å². The smallest absolute Gasteiger partial charge is 0.230 e. The Morgan fingerprint density at radius 3 is 2.65 bits per heavy atom. The molecule has 1 heterocycles. The molecule has 0 fully saturated rings. The maximum absolute atomic E-state index is 13.5. The van der Waals surface area contributed by atoms with E-state index in [1.165, 1.54) is 12.1 Å². The van der Waals surface area contributed by atoms with E-state index in [9.17, 15) is 9.18 Å². The van der Waals surface area contributed by atoms with Crippen molar-refractivity contribution in [3.63, 3.8) is 0 Å². The summed E-state index contributed by atoms with van der Waals surface area (Å²) in [6, 6.07) is 15.5. The third kappa shape index (κ3) is 3.63. The quantitative estimate of drug-likeness (QED) is 0.793. The molecule has 0 saturated carbocycles. The monoisotopic (exact) mass is 310 g/mol. The average molecular weight is 310 g/mol. The fraction of sp³-hybridized carbons (Fsp3) is 0.111. The molecule has 3 rings (SSSR count). The van der Waals surface area contributed by atoms with E-state index < -0.39 is 5.82 Å². The third-order valence-corrected chi connectivity index (χ3v) is 3.38. The molecule has 0 aliphatic rings. The van der Waals surface area contributed by atoms with Gasteiger partial charge >= 0.3 is 0 Å². The number of amides is 1. The molecule has 5 heteroatoms. The minimum Gasteiger partial charge on any atom is -0.356 e. The van der Waals surface area contributed by atoms with Gasteiger partial charge in [-0.1, -0.05) is 47.1 Å². The van der Waals surface area contributed by atoms with Crippen molar-refractivity contribution in [2.45, 2.75) is 13.3 Å². The Bertz CT molecular complexity index is 825. The predicted molar refractivity (Wildman–Crippen MR) is 85.4 cm³/mol. The summed E-state index contributed by atoms with van der Waals surface area (Å²) in [5.74, 6) is -0.223. The second-order valence-electron chi connectivity index (χ2n) is 5.25. The number of para-hydroxylation sites is 1. The predicted octanol–water partition coefficient (Wildman–Crippen LogP) is 3.97. The van der Waals surface area contributed by atoms with Crippen LogP contribution in [0.4, 0.5) is 10.1 Å². The van der Waals surface area contributed by atoms with Crippen LogP contribution in [0.1, 0.15) is 11.3 Å². The van der Waals surface area contributed by atoms with Crippen LogP contribution in [0.5, 0.6) is 0 Å². The fourth-order valence-corrected chi connectivity index (χ4v) is 2.17. The number of rotatable bonds is 4. The fourth-order valence-electron chi connectivity index (χ4n) is 2.17. The van der Waals surface area contributed by atoms with E-state index in [0.29, 0.717) is 11.5 Å². The van der Waals surface area contributed by atoms with E-state index >= 15 is 0 Å². The zero-order chi connectivity index (χ0) is 16.2. The average Bonchev–Trinajstić information content (AvgIpc) is 2.98. The molecule has 0 aliphatic heterocycles. The van der Waals surface area contributed by atoms with Gasteiger partial charge in [-0.05, 0) is 19.1 Å². The topological polar surface area (TPSA) is 55.1 Å². The molecule has 0 saturated heterocycles. The number of hydrogen-bond acceptors (Lipinski definition) is 3. The molecule has 0 atom stereocenters. The van der Waals surface area contributed by atoms with Crippen molar-refractivity contribution in [2.24, 2.45) is 0 Å². The molecule has 23 heavy (non-hydrogen) atoms. The Labute approximate surface area is 132 Å². The molecule has 3 aromatic rings. The third-order valence-electron chi connectivity index (χ3n) is 3.38. The molecule has 4 nitrogen and oxygen atoms in total. The number of nitrogens with zero attached hydrogens (tertiary/aromatic N) is 1. The number of hydrogen-bond donors (Lipinski definition) is 1. The molecule has 0 unspecified atom stereocenters. The van der Waals surface area contributed by atoms with Crippen molar-refractivity contribution in [3.05, 3.63) is 71.7 Å². The molecule has 0 radical (unpaired) electrons. The van der Waals surface area contributed by atoms with E-state index in [4.69, 9.17) is 4.52 Å². The summed E-state index contributed by atoms with van der Waals surface area (Å²) in [5, 5.41) is 6.41. The van der Waals surface area contributed by atoms with Crippen molar-refractivity contribution in [3.8, 4) is 11.3 Å². The largest absolute Gasteiger partial charge is 0.356 e. The molecular weight excluding hydrogens is 295 g/mol. The van der Waals surface area contributed by atoms with Gasteiger partial charge < -0.3 is 9.84 Å². The second-order valence-corrected chi connectivity index (χ2v) is 5.25. The Morgan fingerprint density at radius 2 is 1.91 bits per heavy atom. The number of carbonyl (C=O) groups excluding carboxylic acids is 1. The van der Waals surface area contributed by atoms with E-state index in [0.717, 1.165) is 11.1 Å². The maximum Gasteiger partial charge on any atom is 0.230 e. The van der Waals surface area contributed by atoms with Crippen LogP contribution in [0.25, 0.3) is 11.3 Å². The highest BCUT2D eigenvalue weighted by Crippen LogP contribution is 2.21. The molecule has 1 N–H and O–H groups in total. The van der Waals surface area contributed by atoms with Crippen LogP contribution in [-0.4, -0.2) is 11.1 Å². The standard InChI is InChI=1S/C18H15FN2O2/c1-12-6-8-13(9-7-12)17-10-14(21-23-17)11-18(22)20-16-5-3-2-4-15(16)19/h2-10H,11H2,1H3,(H,20,22). The summed E-state index contributed by atoms with van der Waals surface area (Å²) in [4.78, 5) is 12.0. The number of halogens is 1. The van der Waals surface area contributed by atoms with Crippen LogP contribution in [0.3, 0.4) is 0 Å². The van der Waals surface area contributed by atoms with E-state index in [-0.39, 0.29) is 18.0 Å². The summed E-state index contributed by atoms with van der Waals surface area (Å²) in [5.41, 5.74) is 2.69. The van der Waals surface area contributed by atoms with Gasteiger partial charge in [-0.15, -0.1) is 0 Å². The van der Waals surface area contributed by atoms with Gasteiger partial charge in [-0.25, -0.2) is 4.39 Å². The summed E-state index contributed by atoms with van der Waals surface area (Å²) < 4.78 is 18.8. The lowest BCUT2D eigenvalue weighted by molar-refractivity contribution is -0.115. The summed E-state index contributed by atoms with van der Waals surface area (Å²) in [6.45, 7) is 2.00. The van der Waals surface area contributed by atoms with Crippen molar-refractivity contribution >= 4 is 11.6 Å². The number of carbonyl (C=O) groups is 1. The van der Waals surface area contributed by atoms with Crippen LogP contribution >= 0.6 is 0 Å². The van der Waals surface area contributed by atoms with Crippen LogP contribution < -0.4 is 5.32 Å². The summed E-state index contributed by atoms with van der Waals surface area (Å²) in [6.07, 6.45) is 0.0176. The highest BCUT2D eigenvalue weighted by Gasteiger charge is 2.12. The molecule has 116 valence electrons. The number of nitrogens with one attached hydrogen (secondary N) is 1. The van der Waals surface area contributed by atoms with E-state index in [1.807, 2.05) is 31.2 Å². The van der Waals surface area contributed by atoms with Crippen LogP contribution in [0, 0.1) is 12.7 Å². The Kier molecular flexibility index (Phi) is 4.19. The lowest BCUT2D eigenvalue weighted by atomic mass is 10.1. The van der Waals surface area contributed by atoms with Crippen LogP contribution in [0.2, 0.25) is 0 Å². The van der Waals surface area contributed by atoms with Gasteiger partial charge in [-0.2, -0.15) is 0 Å². The summed E-state index contributed by atoms with van der Waals surface area (Å²) >= 11 is 0. The normalized spacial score (nSPS) is 10.5. The molecule has 0 bridgehead atoms. The van der Waals surface area contributed by atoms with Gasteiger partial charge in [0, 0.05) is 11.6 Å². The van der Waals surface area contributed by atoms with Gasteiger partial charge in [0.05, 0.1) is 17.8 Å². The van der Waals surface area contributed by atoms with Gasteiger partial charge in [0.15, 0.2) is 5.76 Å². The molecule has 1 aromatic heterocycles. The van der Waals surface area contributed by atoms with Gasteiger partial charge in [0.25, 0.3) is 0 Å². The SMILES string of the molecule is Cc1ccc(-c2cc(CC(=O)Nc3ccccc3F)no2)cc1. The lowest BCUT2D eigenvalue weighted by Crippen LogP contribution is -2.15. The zero-order valence-corrected chi connectivity index (χ0v) is 12.5. The second kappa shape index (κ2) is 6.44. The minimum atomic E-state index is -0.471. The Balaban J connectivity index is 1.68. The van der Waals surface area contributed by atoms with E-state index in [1.54, 1.807) is 18.2 Å². The highest BCUT2D eigenvalue weighted by atomic mass is 19.1. The number of anilines is 1. The molecule has 0 spiro atoms. The molecule has 1 amide bonds. The van der Waals surface area contributed by atoms with Crippen molar-refractivity contribution in [1.82, 2.24) is 5.16 Å². The van der Waals surface area contributed by atoms with Gasteiger partial charge in [0.2, 0.25) is 5.91 Å². The first-order valence-corrected chi connectivity index (χ1v) is 7.19. The lowest BCUT2D eigenvalue weighted by Gasteiger charge is -2.04. The van der Waals surface area contributed by atoms with Gasteiger partial charge in [0.1, 0.15) is 5.82 Å². The van der Waals surface area contributed by atoms with Crippen molar-refractivity contribution in [1.29, 1.82) is 0 Å². The maximum atomic E-state index is 13.5. The van der Waals surface area contributed by atoms with Crippen molar-refractivity contribution < 1.29 is 13.7 Å². The first-order valence-electron chi connectivity index (χ1n) is 7.19.